The van der Waals surface area contributed by atoms with Gasteiger partial charge < -0.3 is 4.90 Å². The van der Waals surface area contributed by atoms with Gasteiger partial charge in [0.25, 0.3) is 0 Å². The van der Waals surface area contributed by atoms with Crippen molar-refractivity contribution in [1.82, 2.24) is 0 Å². The van der Waals surface area contributed by atoms with Crippen molar-refractivity contribution in [1.29, 1.82) is 5.26 Å². The van der Waals surface area contributed by atoms with E-state index < -0.39 is 0 Å². The Hall–Kier alpha value is -2.60. The SMILES string of the molecule is Cc1ccccc1C(=O)CN(CCC#N)c1ccccc1. The van der Waals surface area contributed by atoms with Crippen LogP contribution in [0.25, 0.3) is 0 Å². The molecule has 0 aliphatic rings. The zero-order valence-electron chi connectivity index (χ0n) is 12.1. The van der Waals surface area contributed by atoms with E-state index >= 15 is 0 Å². The molecule has 0 heterocycles. The Morgan fingerprint density at radius 2 is 1.76 bits per heavy atom. The van der Waals surface area contributed by atoms with Crippen molar-refractivity contribution in [2.45, 2.75) is 13.3 Å². The smallest absolute Gasteiger partial charge is 0.182 e. The van der Waals surface area contributed by atoms with Gasteiger partial charge in [0.1, 0.15) is 0 Å². The zero-order valence-corrected chi connectivity index (χ0v) is 12.1. The first-order valence-corrected chi connectivity index (χ1v) is 6.98. The Morgan fingerprint density at radius 3 is 2.43 bits per heavy atom. The van der Waals surface area contributed by atoms with E-state index in [4.69, 9.17) is 5.26 Å². The van der Waals surface area contributed by atoms with Crippen molar-refractivity contribution in [3.8, 4) is 6.07 Å². The van der Waals surface area contributed by atoms with Gasteiger partial charge >= 0.3 is 0 Å². The van der Waals surface area contributed by atoms with E-state index in [0.29, 0.717) is 13.0 Å². The van der Waals surface area contributed by atoms with Gasteiger partial charge in [-0.05, 0) is 24.6 Å². The first-order valence-electron chi connectivity index (χ1n) is 6.98. The number of Topliss-reactive ketones (excluding diaryl/α,β-unsaturated/α-hetero) is 1. The average molecular weight is 278 g/mol. The predicted molar refractivity (Wildman–Crippen MR) is 84.4 cm³/mol. The molecule has 0 N–H and O–H groups in total. The molecular weight excluding hydrogens is 260 g/mol. The van der Waals surface area contributed by atoms with Crippen LogP contribution in [-0.2, 0) is 0 Å². The fourth-order valence-electron chi connectivity index (χ4n) is 2.27. The maximum Gasteiger partial charge on any atom is 0.182 e. The Balaban J connectivity index is 2.18. The highest BCUT2D eigenvalue weighted by molar-refractivity contribution is 6.00. The lowest BCUT2D eigenvalue weighted by Crippen LogP contribution is -2.31. The van der Waals surface area contributed by atoms with Crippen molar-refractivity contribution >= 4 is 11.5 Å². The number of nitrogens with zero attached hydrogens (tertiary/aromatic N) is 2. The molecule has 3 heteroatoms. The van der Waals surface area contributed by atoms with Crippen LogP contribution >= 0.6 is 0 Å². The molecular formula is C18H18N2O. The average Bonchev–Trinajstić information content (AvgIpc) is 2.52. The number of para-hydroxylation sites is 1. The van der Waals surface area contributed by atoms with Gasteiger partial charge in [0.2, 0.25) is 0 Å². The number of ketones is 1. The minimum Gasteiger partial charge on any atom is -0.363 e. The highest BCUT2D eigenvalue weighted by atomic mass is 16.1. The lowest BCUT2D eigenvalue weighted by Gasteiger charge is -2.23. The number of anilines is 1. The second-order valence-electron chi connectivity index (χ2n) is 4.90. The second kappa shape index (κ2) is 7.25. The van der Waals surface area contributed by atoms with Crippen molar-refractivity contribution < 1.29 is 4.79 Å². The molecule has 0 bridgehead atoms. The summed E-state index contributed by atoms with van der Waals surface area (Å²) >= 11 is 0. The number of carbonyl (C=O) groups is 1. The molecule has 0 amide bonds. The molecule has 2 rings (SSSR count). The summed E-state index contributed by atoms with van der Waals surface area (Å²) in [5.74, 6) is 0.0786. The number of benzene rings is 2. The van der Waals surface area contributed by atoms with Gasteiger partial charge in [-0.25, -0.2) is 0 Å². The van der Waals surface area contributed by atoms with Crippen LogP contribution in [0.4, 0.5) is 5.69 Å². The minimum absolute atomic E-state index is 0.0786. The van der Waals surface area contributed by atoms with Crippen LogP contribution in [-0.4, -0.2) is 18.9 Å². The molecule has 0 spiro atoms. The van der Waals surface area contributed by atoms with E-state index in [1.807, 2.05) is 66.4 Å². The van der Waals surface area contributed by atoms with E-state index in [9.17, 15) is 4.79 Å². The first-order chi connectivity index (χ1) is 10.2. The number of carbonyl (C=O) groups excluding carboxylic acids is 1. The van der Waals surface area contributed by atoms with E-state index in [2.05, 4.69) is 6.07 Å². The van der Waals surface area contributed by atoms with Gasteiger partial charge in [0.05, 0.1) is 19.0 Å². The number of hydrogen-bond acceptors (Lipinski definition) is 3. The van der Waals surface area contributed by atoms with E-state index in [0.717, 1.165) is 16.8 Å². The van der Waals surface area contributed by atoms with Gasteiger partial charge in [0, 0.05) is 17.8 Å². The summed E-state index contributed by atoms with van der Waals surface area (Å²) in [4.78, 5) is 14.4. The molecule has 0 fully saturated rings. The molecule has 0 saturated heterocycles. The lowest BCUT2D eigenvalue weighted by atomic mass is 10.0. The molecule has 2 aromatic rings. The van der Waals surface area contributed by atoms with Crippen LogP contribution < -0.4 is 4.90 Å². The molecule has 0 saturated carbocycles. The predicted octanol–water partition coefficient (Wildman–Crippen LogP) is 3.60. The zero-order chi connectivity index (χ0) is 15.1. The van der Waals surface area contributed by atoms with Crippen LogP contribution in [0.1, 0.15) is 22.3 Å². The highest BCUT2D eigenvalue weighted by Gasteiger charge is 2.14. The minimum atomic E-state index is 0.0786. The molecule has 106 valence electrons. The molecule has 2 aromatic carbocycles. The number of aryl methyl sites for hydroxylation is 1. The first kappa shape index (κ1) is 14.8. The molecule has 3 nitrogen and oxygen atoms in total. The van der Waals surface area contributed by atoms with E-state index in [1.165, 1.54) is 0 Å². The second-order valence-corrected chi connectivity index (χ2v) is 4.90. The van der Waals surface area contributed by atoms with Gasteiger partial charge in [-0.1, -0.05) is 42.5 Å². The fraction of sp³-hybridized carbons (Fsp3) is 0.222. The summed E-state index contributed by atoms with van der Waals surface area (Å²) in [6, 6.07) is 19.5. The summed E-state index contributed by atoms with van der Waals surface area (Å²) < 4.78 is 0. The quantitative estimate of drug-likeness (QED) is 0.758. The van der Waals surface area contributed by atoms with Crippen molar-refractivity contribution in [2.24, 2.45) is 0 Å². The lowest BCUT2D eigenvalue weighted by molar-refractivity contribution is 0.0998. The van der Waals surface area contributed by atoms with Gasteiger partial charge in [-0.15, -0.1) is 0 Å². The molecule has 0 unspecified atom stereocenters. The van der Waals surface area contributed by atoms with E-state index in [1.54, 1.807) is 0 Å². The molecule has 0 aromatic heterocycles. The Kier molecular flexibility index (Phi) is 5.11. The summed E-state index contributed by atoms with van der Waals surface area (Å²) in [7, 11) is 0. The van der Waals surface area contributed by atoms with Crippen LogP contribution in [0.15, 0.2) is 54.6 Å². The maximum atomic E-state index is 12.5. The van der Waals surface area contributed by atoms with Gasteiger partial charge in [-0.2, -0.15) is 5.26 Å². The Bertz CT molecular complexity index is 644. The third kappa shape index (κ3) is 3.93. The number of nitriles is 1. The molecule has 0 aliphatic heterocycles. The monoisotopic (exact) mass is 278 g/mol. The number of rotatable bonds is 6. The van der Waals surface area contributed by atoms with Gasteiger partial charge in [-0.3, -0.25) is 4.79 Å². The normalized spacial score (nSPS) is 9.90. The molecule has 0 aliphatic carbocycles. The molecule has 0 radical (unpaired) electrons. The maximum absolute atomic E-state index is 12.5. The van der Waals surface area contributed by atoms with Crippen molar-refractivity contribution in [3.05, 3.63) is 65.7 Å². The summed E-state index contributed by atoms with van der Waals surface area (Å²) in [6.07, 6.45) is 0.399. The van der Waals surface area contributed by atoms with E-state index in [-0.39, 0.29) is 12.3 Å². The summed E-state index contributed by atoms with van der Waals surface area (Å²) in [5, 5.41) is 8.80. The highest BCUT2D eigenvalue weighted by Crippen LogP contribution is 2.16. The Labute approximate surface area is 125 Å². The van der Waals surface area contributed by atoms with Crippen LogP contribution in [0.5, 0.6) is 0 Å². The summed E-state index contributed by atoms with van der Waals surface area (Å²) in [6.45, 7) is 2.78. The third-order valence-corrected chi connectivity index (χ3v) is 3.39. The van der Waals surface area contributed by atoms with Crippen LogP contribution in [0.3, 0.4) is 0 Å². The molecule has 0 atom stereocenters. The summed E-state index contributed by atoms with van der Waals surface area (Å²) in [5.41, 5.74) is 2.70. The fourth-order valence-corrected chi connectivity index (χ4v) is 2.27. The Morgan fingerprint density at radius 1 is 1.10 bits per heavy atom. The molecule has 21 heavy (non-hydrogen) atoms. The van der Waals surface area contributed by atoms with Crippen LogP contribution in [0.2, 0.25) is 0 Å². The largest absolute Gasteiger partial charge is 0.363 e. The number of hydrogen-bond donors (Lipinski definition) is 0. The van der Waals surface area contributed by atoms with Crippen LogP contribution in [0, 0.1) is 18.3 Å². The topological polar surface area (TPSA) is 44.1 Å². The van der Waals surface area contributed by atoms with Crippen molar-refractivity contribution in [2.75, 3.05) is 18.0 Å². The van der Waals surface area contributed by atoms with Gasteiger partial charge in [0.15, 0.2) is 5.78 Å². The standard InChI is InChI=1S/C18H18N2O/c1-15-8-5-6-11-17(15)18(21)14-20(13-7-12-19)16-9-3-2-4-10-16/h2-6,8-11H,7,13-14H2,1H3. The van der Waals surface area contributed by atoms with Crippen molar-refractivity contribution in [3.63, 3.8) is 0 Å². The third-order valence-electron chi connectivity index (χ3n) is 3.39.